The number of nitrogens with zero attached hydrogens (tertiary/aromatic N) is 1. The molecule has 0 spiro atoms. The number of hydrazine groups is 1. The summed E-state index contributed by atoms with van der Waals surface area (Å²) in [4.78, 5) is 3.37. The van der Waals surface area contributed by atoms with Gasteiger partial charge in [-0.1, -0.05) is 4.48 Å². The topological polar surface area (TPSA) is 24.5 Å². The zero-order chi connectivity index (χ0) is 6.15. The molecule has 0 aliphatic carbocycles. The van der Waals surface area contributed by atoms with E-state index in [0.717, 1.165) is 0 Å². The first kappa shape index (κ1) is 5.23. The third-order valence-corrected chi connectivity index (χ3v) is 0.519. The van der Waals surface area contributed by atoms with E-state index in [9.17, 15) is 13.3 Å². The second kappa shape index (κ2) is 1.55. The number of halogens is 3. The number of rotatable bonds is 0. The third-order valence-electron chi connectivity index (χ3n) is 0.519. The lowest BCUT2D eigenvalue weighted by Crippen LogP contribution is -2.20. The van der Waals surface area contributed by atoms with Crippen LogP contribution in [0, 0.1) is 0 Å². The van der Waals surface area contributed by atoms with Gasteiger partial charge in [-0.15, -0.1) is 0 Å². The molecule has 0 radical (unpaired) electrons. The molecule has 0 aromatic carbocycles. The van der Waals surface area contributed by atoms with Crippen LogP contribution >= 0.6 is 0 Å². The Kier molecular flexibility index (Phi) is 1.01. The predicted octanol–water partition coefficient (Wildman–Crippen LogP) is 0.688. The highest BCUT2D eigenvalue weighted by Crippen LogP contribution is 2.15. The van der Waals surface area contributed by atoms with Gasteiger partial charge in [0.2, 0.25) is 0 Å². The van der Waals surface area contributed by atoms with Crippen LogP contribution in [0.5, 0.6) is 0 Å². The predicted molar refractivity (Wildman–Crippen MR) is 16.4 cm³/mol. The molecule has 0 amide bonds. The molecule has 0 saturated heterocycles. The standard InChI is InChI=1S/C2HF3N2O/c3-1-2(4)8-7(5)6-1/h6H. The van der Waals surface area contributed by atoms with Gasteiger partial charge in [0.25, 0.3) is 5.95 Å². The van der Waals surface area contributed by atoms with Crippen LogP contribution in [0.25, 0.3) is 0 Å². The molecule has 0 unspecified atom stereocenters. The summed E-state index contributed by atoms with van der Waals surface area (Å²) in [5, 5.41) is -0.676. The SMILES string of the molecule is FC1=C(F)ON(F)N1. The van der Waals surface area contributed by atoms with E-state index in [1.54, 1.807) is 0 Å². The van der Waals surface area contributed by atoms with Crippen molar-refractivity contribution in [1.29, 1.82) is 0 Å². The lowest BCUT2D eigenvalue weighted by Gasteiger charge is -1.96. The average Bonchev–Trinajstić information content (AvgIpc) is 1.85. The number of hydrogen-bond donors (Lipinski definition) is 1. The van der Waals surface area contributed by atoms with Gasteiger partial charge in [-0.2, -0.15) is 8.78 Å². The summed E-state index contributed by atoms with van der Waals surface area (Å²) in [6, 6.07) is -1.60. The van der Waals surface area contributed by atoms with E-state index in [4.69, 9.17) is 0 Å². The molecular weight excluding hydrogens is 125 g/mol. The molecule has 3 nitrogen and oxygen atoms in total. The first-order chi connectivity index (χ1) is 3.70. The minimum Gasteiger partial charge on any atom is -0.322 e. The maximum atomic E-state index is 11.6. The molecule has 0 bridgehead atoms. The normalized spacial score (nSPS) is 20.9. The quantitative estimate of drug-likeness (QED) is 0.381. The van der Waals surface area contributed by atoms with E-state index >= 15 is 0 Å². The Labute approximate surface area is 42.2 Å². The van der Waals surface area contributed by atoms with Crippen LogP contribution in [0.4, 0.5) is 13.3 Å². The Bertz CT molecular complexity index is 121. The van der Waals surface area contributed by atoms with E-state index in [1.165, 1.54) is 5.43 Å². The molecule has 1 rings (SSSR count). The molecule has 0 aromatic rings. The molecule has 6 heteroatoms. The highest BCUT2D eigenvalue weighted by molar-refractivity contribution is 4.90. The molecule has 8 heavy (non-hydrogen) atoms. The Hall–Kier alpha value is -0.910. The van der Waals surface area contributed by atoms with Crippen molar-refractivity contribution in [1.82, 2.24) is 10.8 Å². The van der Waals surface area contributed by atoms with Crippen LogP contribution in [0.3, 0.4) is 0 Å². The van der Waals surface area contributed by atoms with Gasteiger partial charge in [-0.25, -0.2) is 5.43 Å². The second-order valence-corrected chi connectivity index (χ2v) is 1.04. The largest absolute Gasteiger partial charge is 0.353 e. The van der Waals surface area contributed by atoms with Crippen LogP contribution in [0.15, 0.2) is 12.0 Å². The fraction of sp³-hybridized carbons (Fsp3) is 0. The van der Waals surface area contributed by atoms with Crippen LogP contribution in [-0.2, 0) is 4.84 Å². The van der Waals surface area contributed by atoms with E-state index in [0.29, 0.717) is 0 Å². The summed E-state index contributed by atoms with van der Waals surface area (Å²) in [5.74, 6) is -1.47. The smallest absolute Gasteiger partial charge is 0.322 e. The van der Waals surface area contributed by atoms with Gasteiger partial charge in [-0.05, 0) is 0 Å². The molecule has 0 aromatic heterocycles. The van der Waals surface area contributed by atoms with E-state index in [-0.39, 0.29) is 0 Å². The van der Waals surface area contributed by atoms with Gasteiger partial charge in [0, 0.05) is 0 Å². The van der Waals surface area contributed by atoms with Crippen LogP contribution in [0.1, 0.15) is 0 Å². The molecular formula is C2HF3N2O. The van der Waals surface area contributed by atoms with Crippen LogP contribution in [-0.4, -0.2) is 5.39 Å². The highest BCUT2D eigenvalue weighted by Gasteiger charge is 2.22. The van der Waals surface area contributed by atoms with Crippen molar-refractivity contribution in [3.05, 3.63) is 12.0 Å². The van der Waals surface area contributed by atoms with E-state index < -0.39 is 17.4 Å². The van der Waals surface area contributed by atoms with Crippen molar-refractivity contribution >= 4 is 0 Å². The van der Waals surface area contributed by atoms with Crippen LogP contribution < -0.4 is 5.43 Å². The summed E-state index contributed by atoms with van der Waals surface area (Å²) in [5.41, 5.74) is 1.25. The lowest BCUT2D eigenvalue weighted by molar-refractivity contribution is -0.273. The maximum Gasteiger partial charge on any atom is 0.353 e. The molecule has 0 fully saturated rings. The van der Waals surface area contributed by atoms with E-state index in [2.05, 4.69) is 4.84 Å². The summed E-state index contributed by atoms with van der Waals surface area (Å²) in [7, 11) is 0. The van der Waals surface area contributed by atoms with Gasteiger partial charge in [0.15, 0.2) is 0 Å². The molecule has 1 heterocycles. The van der Waals surface area contributed by atoms with Gasteiger partial charge in [0.05, 0.1) is 0 Å². The Morgan fingerprint density at radius 3 is 2.25 bits per heavy atom. The molecule has 0 atom stereocenters. The van der Waals surface area contributed by atoms with Gasteiger partial charge in [-0.3, -0.25) is 0 Å². The van der Waals surface area contributed by atoms with Gasteiger partial charge < -0.3 is 4.84 Å². The molecule has 1 aliphatic heterocycles. The summed E-state index contributed by atoms with van der Waals surface area (Å²) < 4.78 is 34.5. The zero-order valence-corrected chi connectivity index (χ0v) is 3.49. The fourth-order valence-corrected chi connectivity index (χ4v) is 0.254. The third kappa shape index (κ3) is 0.692. The van der Waals surface area contributed by atoms with Crippen molar-refractivity contribution in [2.45, 2.75) is 0 Å². The van der Waals surface area contributed by atoms with Gasteiger partial charge in [0.1, 0.15) is 5.39 Å². The minimum atomic E-state index is -1.60. The Morgan fingerprint density at radius 2 is 2.12 bits per heavy atom. The Morgan fingerprint density at radius 1 is 1.50 bits per heavy atom. The molecule has 1 N–H and O–H groups in total. The van der Waals surface area contributed by atoms with Crippen molar-refractivity contribution in [3.63, 3.8) is 0 Å². The minimum absolute atomic E-state index is 0.676. The van der Waals surface area contributed by atoms with Crippen molar-refractivity contribution in [3.8, 4) is 0 Å². The Balaban J connectivity index is 2.60. The summed E-state index contributed by atoms with van der Waals surface area (Å²) in [6.07, 6.45) is 0. The van der Waals surface area contributed by atoms with Gasteiger partial charge >= 0.3 is 6.01 Å². The second-order valence-electron chi connectivity index (χ2n) is 1.04. The summed E-state index contributed by atoms with van der Waals surface area (Å²) in [6.45, 7) is 0. The number of hydrogen-bond acceptors (Lipinski definition) is 3. The first-order valence-electron chi connectivity index (χ1n) is 1.66. The number of nitrogens with one attached hydrogen (secondary N) is 1. The average molecular weight is 126 g/mol. The first-order valence-corrected chi connectivity index (χ1v) is 1.66. The van der Waals surface area contributed by atoms with Crippen molar-refractivity contribution in [2.75, 3.05) is 0 Å². The molecule has 46 valence electrons. The van der Waals surface area contributed by atoms with Crippen LogP contribution in [0.2, 0.25) is 0 Å². The fourth-order valence-electron chi connectivity index (χ4n) is 0.254. The van der Waals surface area contributed by atoms with Crippen molar-refractivity contribution < 1.29 is 18.1 Å². The monoisotopic (exact) mass is 126 g/mol. The van der Waals surface area contributed by atoms with Crippen molar-refractivity contribution in [2.24, 2.45) is 0 Å². The van der Waals surface area contributed by atoms with E-state index in [1.807, 2.05) is 0 Å². The lowest BCUT2D eigenvalue weighted by atomic mass is 10.9. The molecule has 1 aliphatic rings. The maximum absolute atomic E-state index is 11.6. The zero-order valence-electron chi connectivity index (χ0n) is 3.49. The summed E-state index contributed by atoms with van der Waals surface area (Å²) >= 11 is 0. The highest BCUT2D eigenvalue weighted by atomic mass is 19.2. The molecule has 0 saturated carbocycles.